The second kappa shape index (κ2) is 41.1. The summed E-state index contributed by atoms with van der Waals surface area (Å²) < 4.78 is 0. The van der Waals surface area contributed by atoms with E-state index in [9.17, 15) is 28.8 Å². The van der Waals surface area contributed by atoms with Crippen LogP contribution in [0.3, 0.4) is 0 Å². The van der Waals surface area contributed by atoms with Crippen LogP contribution in [0.1, 0.15) is 244 Å². The van der Waals surface area contributed by atoms with E-state index in [0.717, 1.165) is 193 Å². The Hall–Kier alpha value is -2.58. The summed E-state index contributed by atoms with van der Waals surface area (Å²) in [6.07, 6.45) is 35.2. The molecule has 0 rings (SSSR count). The molecule has 0 saturated carbocycles. The van der Waals surface area contributed by atoms with Crippen LogP contribution in [0.4, 0.5) is 0 Å². The van der Waals surface area contributed by atoms with Crippen LogP contribution in [-0.4, -0.2) is 53.3 Å². The quantitative estimate of drug-likeness (QED) is 0.0522. The van der Waals surface area contributed by atoms with Crippen molar-refractivity contribution in [3.8, 4) is 0 Å². The molecular weight excluding hydrogens is 693 g/mol. The van der Waals surface area contributed by atoms with Crippen molar-refractivity contribution in [2.45, 2.75) is 244 Å². The lowest BCUT2D eigenvalue weighted by Gasteiger charge is -2.06. The van der Waals surface area contributed by atoms with Crippen molar-refractivity contribution >= 4 is 35.1 Å². The summed E-state index contributed by atoms with van der Waals surface area (Å²) >= 11 is 0. The van der Waals surface area contributed by atoms with E-state index in [4.69, 9.17) is 5.11 Å². The highest BCUT2D eigenvalue weighted by molar-refractivity contribution is 5.78. The smallest absolute Gasteiger partial charge is 0.303 e. The first-order chi connectivity index (χ1) is 26.7. The van der Waals surface area contributed by atoms with Gasteiger partial charge in [0.25, 0.3) is 0 Å². The number of hydrogen-bond acceptors (Lipinski definition) is 6. The summed E-state index contributed by atoms with van der Waals surface area (Å²) in [6, 6.07) is 0. The van der Waals surface area contributed by atoms with Crippen LogP contribution < -0.4 is 10.6 Å². The van der Waals surface area contributed by atoms with Gasteiger partial charge in [-0.3, -0.25) is 24.0 Å². The monoisotopic (exact) mass is 777 g/mol. The lowest BCUT2D eigenvalue weighted by molar-refractivity contribution is -0.137. The van der Waals surface area contributed by atoms with Crippen molar-refractivity contribution in [3.63, 3.8) is 0 Å². The minimum absolute atomic E-state index is 0.154. The van der Waals surface area contributed by atoms with Gasteiger partial charge in [0.05, 0.1) is 0 Å². The van der Waals surface area contributed by atoms with Crippen molar-refractivity contribution < 1.29 is 33.9 Å². The van der Waals surface area contributed by atoms with E-state index in [0.29, 0.717) is 56.5 Å². The number of ketones is 3. The summed E-state index contributed by atoms with van der Waals surface area (Å²) in [4.78, 5) is 69.8. The Kier molecular flexibility index (Phi) is 39.1. The predicted octanol–water partition coefficient (Wildman–Crippen LogP) is 11.5. The van der Waals surface area contributed by atoms with E-state index < -0.39 is 5.97 Å². The van der Waals surface area contributed by atoms with Gasteiger partial charge in [0, 0.05) is 64.5 Å². The van der Waals surface area contributed by atoms with Crippen molar-refractivity contribution in [1.29, 1.82) is 0 Å². The van der Waals surface area contributed by atoms with Crippen LogP contribution in [-0.2, 0) is 28.8 Å². The summed E-state index contributed by atoms with van der Waals surface area (Å²) in [5.41, 5.74) is 0. The number of amides is 2. The number of nitrogens with one attached hydrogen (secondary N) is 2. The van der Waals surface area contributed by atoms with E-state index >= 15 is 0 Å². The summed E-state index contributed by atoms with van der Waals surface area (Å²) in [5.74, 6) is 0.618. The molecule has 0 aliphatic carbocycles. The maximum Gasteiger partial charge on any atom is 0.303 e. The number of hydrogen-bond donors (Lipinski definition) is 3. The van der Waals surface area contributed by atoms with Gasteiger partial charge < -0.3 is 20.5 Å². The standard InChI is InChI=1S/C46H84N2O7/c1-41(49)31-21-11-9-19-29-39-47-45(53)37-27-17-7-5-13-23-33-42(50)32-22-12-3-2-4-16-26-36-44(52)48-40-30-20-10-15-25-35-43(51)34-24-14-6-8-18-28-38-46(54)55/h2-40H2,1H3,(H,47,53)(H,48,52)(H,54,55). The normalized spacial score (nSPS) is 11.1. The van der Waals surface area contributed by atoms with Crippen LogP contribution in [0.15, 0.2) is 0 Å². The van der Waals surface area contributed by atoms with Gasteiger partial charge >= 0.3 is 5.97 Å². The topological polar surface area (TPSA) is 147 Å². The first kappa shape index (κ1) is 52.4. The Morgan fingerprint density at radius 3 is 0.836 bits per heavy atom. The first-order valence-corrected chi connectivity index (χ1v) is 23.0. The van der Waals surface area contributed by atoms with E-state index in [2.05, 4.69) is 10.6 Å². The Labute approximate surface area is 336 Å². The van der Waals surface area contributed by atoms with Gasteiger partial charge in [0.15, 0.2) is 0 Å². The molecule has 55 heavy (non-hydrogen) atoms. The molecule has 2 amide bonds. The molecule has 0 aliphatic rings. The number of unbranched alkanes of at least 4 members (excludes halogenated alkanes) is 24. The molecule has 0 aromatic carbocycles. The van der Waals surface area contributed by atoms with Gasteiger partial charge in [-0.05, 0) is 71.1 Å². The summed E-state index contributed by atoms with van der Waals surface area (Å²) in [5, 5.41) is 14.7. The minimum Gasteiger partial charge on any atom is -0.481 e. The molecule has 0 aliphatic heterocycles. The van der Waals surface area contributed by atoms with E-state index in [1.54, 1.807) is 6.92 Å². The third kappa shape index (κ3) is 44.0. The molecule has 0 aromatic heterocycles. The second-order valence-corrected chi connectivity index (χ2v) is 16.1. The Morgan fingerprint density at radius 1 is 0.309 bits per heavy atom. The molecule has 0 fully saturated rings. The highest BCUT2D eigenvalue weighted by Crippen LogP contribution is 2.14. The summed E-state index contributed by atoms with van der Waals surface area (Å²) in [6.45, 7) is 3.13. The lowest BCUT2D eigenvalue weighted by Crippen LogP contribution is -2.23. The number of Topliss-reactive ketones (excluding diaryl/α,β-unsaturated/α-hetero) is 3. The molecule has 0 bridgehead atoms. The third-order valence-corrected chi connectivity index (χ3v) is 10.5. The number of carbonyl (C=O) groups is 6. The molecule has 320 valence electrons. The molecule has 9 nitrogen and oxygen atoms in total. The number of carbonyl (C=O) groups excluding carboxylic acids is 5. The van der Waals surface area contributed by atoms with Crippen LogP contribution in [0.5, 0.6) is 0 Å². The van der Waals surface area contributed by atoms with Gasteiger partial charge in [0.2, 0.25) is 11.8 Å². The van der Waals surface area contributed by atoms with Crippen molar-refractivity contribution in [1.82, 2.24) is 10.6 Å². The summed E-state index contributed by atoms with van der Waals surface area (Å²) in [7, 11) is 0. The molecule has 9 heteroatoms. The number of carboxylic acid groups (broad SMARTS) is 1. The maximum atomic E-state index is 12.2. The average Bonchev–Trinajstić information content (AvgIpc) is 3.14. The third-order valence-electron chi connectivity index (χ3n) is 10.5. The molecule has 0 atom stereocenters. The average molecular weight is 777 g/mol. The molecular formula is C46H84N2O7. The fourth-order valence-corrected chi connectivity index (χ4v) is 7.00. The molecule has 0 aromatic rings. The molecule has 3 N–H and O–H groups in total. The van der Waals surface area contributed by atoms with Crippen molar-refractivity contribution in [2.24, 2.45) is 0 Å². The SMILES string of the molecule is CC(=O)CCCCCCCNC(=O)CCCCCCCCC(=O)CCCCCCCCCC(=O)NCCCCCCCC(=O)CCCCCCCCC(=O)O. The molecule has 0 spiro atoms. The van der Waals surface area contributed by atoms with Crippen molar-refractivity contribution in [3.05, 3.63) is 0 Å². The highest BCUT2D eigenvalue weighted by atomic mass is 16.4. The van der Waals surface area contributed by atoms with Gasteiger partial charge in [-0.2, -0.15) is 0 Å². The van der Waals surface area contributed by atoms with E-state index in [-0.39, 0.29) is 24.0 Å². The Morgan fingerprint density at radius 2 is 0.545 bits per heavy atom. The molecule has 0 heterocycles. The largest absolute Gasteiger partial charge is 0.481 e. The lowest BCUT2D eigenvalue weighted by atomic mass is 10.0. The molecule has 0 unspecified atom stereocenters. The molecule has 0 radical (unpaired) electrons. The zero-order valence-corrected chi connectivity index (χ0v) is 35.5. The predicted molar refractivity (Wildman–Crippen MR) is 225 cm³/mol. The van der Waals surface area contributed by atoms with Crippen molar-refractivity contribution in [2.75, 3.05) is 13.1 Å². The fourth-order valence-electron chi connectivity index (χ4n) is 7.00. The second-order valence-electron chi connectivity index (χ2n) is 16.1. The van der Waals surface area contributed by atoms with Gasteiger partial charge in [-0.15, -0.1) is 0 Å². The Bertz CT molecular complexity index is 907. The van der Waals surface area contributed by atoms with E-state index in [1.807, 2.05) is 0 Å². The Balaban J connectivity index is 3.36. The zero-order chi connectivity index (χ0) is 40.5. The van der Waals surface area contributed by atoms with Crippen LogP contribution in [0.2, 0.25) is 0 Å². The van der Waals surface area contributed by atoms with Gasteiger partial charge in [-0.1, -0.05) is 122 Å². The fraction of sp³-hybridized carbons (Fsp3) is 0.870. The number of aliphatic carboxylic acids is 1. The van der Waals surface area contributed by atoms with Gasteiger partial charge in [0.1, 0.15) is 17.3 Å². The van der Waals surface area contributed by atoms with Crippen LogP contribution >= 0.6 is 0 Å². The highest BCUT2D eigenvalue weighted by Gasteiger charge is 2.06. The van der Waals surface area contributed by atoms with Crippen LogP contribution in [0.25, 0.3) is 0 Å². The maximum absolute atomic E-state index is 12.2. The number of carboxylic acids is 1. The first-order valence-electron chi connectivity index (χ1n) is 23.0. The molecule has 0 saturated heterocycles. The van der Waals surface area contributed by atoms with Gasteiger partial charge in [-0.25, -0.2) is 0 Å². The minimum atomic E-state index is -0.722. The number of rotatable bonds is 44. The van der Waals surface area contributed by atoms with Crippen LogP contribution in [0, 0.1) is 0 Å². The zero-order valence-electron chi connectivity index (χ0n) is 35.5. The van der Waals surface area contributed by atoms with E-state index in [1.165, 1.54) is 6.42 Å².